The number of ether oxygens (including phenoxy) is 2. The van der Waals surface area contributed by atoms with Crippen molar-refractivity contribution < 1.29 is 14.6 Å². The monoisotopic (exact) mass is 321 g/mol. The molecule has 0 bridgehead atoms. The van der Waals surface area contributed by atoms with Gasteiger partial charge < -0.3 is 14.6 Å². The highest BCUT2D eigenvalue weighted by molar-refractivity contribution is 5.28. The van der Waals surface area contributed by atoms with Crippen molar-refractivity contribution >= 4 is 0 Å². The predicted octanol–water partition coefficient (Wildman–Crippen LogP) is 3.40. The molecule has 2 rings (SSSR count). The van der Waals surface area contributed by atoms with Crippen LogP contribution in [0.15, 0.2) is 24.3 Å². The molecule has 1 atom stereocenters. The zero-order chi connectivity index (χ0) is 16.3. The van der Waals surface area contributed by atoms with Gasteiger partial charge in [-0.15, -0.1) is 0 Å². The minimum absolute atomic E-state index is 0.406. The van der Waals surface area contributed by atoms with Crippen molar-refractivity contribution in [2.24, 2.45) is 0 Å². The first-order valence-corrected chi connectivity index (χ1v) is 9.00. The maximum Gasteiger partial charge on any atom is 0.119 e. The summed E-state index contributed by atoms with van der Waals surface area (Å²) in [6, 6.07) is 7.89. The van der Waals surface area contributed by atoms with E-state index in [9.17, 15) is 5.11 Å². The highest BCUT2D eigenvalue weighted by Crippen LogP contribution is 2.21. The quantitative estimate of drug-likeness (QED) is 0.671. The van der Waals surface area contributed by atoms with Gasteiger partial charge >= 0.3 is 0 Å². The van der Waals surface area contributed by atoms with Crippen molar-refractivity contribution in [3.63, 3.8) is 0 Å². The number of morpholine rings is 1. The number of hydrogen-bond acceptors (Lipinski definition) is 4. The van der Waals surface area contributed by atoms with E-state index in [1.165, 1.54) is 19.3 Å². The molecule has 4 nitrogen and oxygen atoms in total. The van der Waals surface area contributed by atoms with Crippen LogP contribution in [0.3, 0.4) is 0 Å². The Morgan fingerprint density at radius 1 is 1.13 bits per heavy atom. The Morgan fingerprint density at radius 2 is 1.87 bits per heavy atom. The van der Waals surface area contributed by atoms with Crippen molar-refractivity contribution in [1.82, 2.24) is 4.90 Å². The van der Waals surface area contributed by atoms with Crippen molar-refractivity contribution in [2.75, 3.05) is 39.5 Å². The van der Waals surface area contributed by atoms with Crippen LogP contribution in [0.2, 0.25) is 0 Å². The highest BCUT2D eigenvalue weighted by Gasteiger charge is 2.13. The summed E-state index contributed by atoms with van der Waals surface area (Å²) in [4.78, 5) is 2.35. The highest BCUT2D eigenvalue weighted by atomic mass is 16.5. The van der Waals surface area contributed by atoms with Gasteiger partial charge in [-0.1, -0.05) is 38.3 Å². The second-order valence-electron chi connectivity index (χ2n) is 6.24. The third kappa shape index (κ3) is 6.90. The molecule has 0 aromatic heterocycles. The van der Waals surface area contributed by atoms with Crippen LogP contribution in [0.25, 0.3) is 0 Å². The zero-order valence-electron chi connectivity index (χ0n) is 14.4. The van der Waals surface area contributed by atoms with Crippen LogP contribution in [0, 0.1) is 0 Å². The Labute approximate surface area is 140 Å². The minimum Gasteiger partial charge on any atom is -0.494 e. The topological polar surface area (TPSA) is 41.9 Å². The lowest BCUT2D eigenvalue weighted by molar-refractivity contribution is 0.0300. The first-order valence-electron chi connectivity index (χ1n) is 9.00. The lowest BCUT2D eigenvalue weighted by Gasteiger charge is -2.27. The predicted molar refractivity (Wildman–Crippen MR) is 92.9 cm³/mol. The Kier molecular flexibility index (Phi) is 8.43. The van der Waals surface area contributed by atoms with Crippen molar-refractivity contribution in [3.05, 3.63) is 29.8 Å². The molecular formula is C19H31NO3. The first kappa shape index (κ1) is 18.2. The van der Waals surface area contributed by atoms with E-state index in [1.807, 2.05) is 24.3 Å². The van der Waals surface area contributed by atoms with Crippen LogP contribution >= 0.6 is 0 Å². The van der Waals surface area contributed by atoms with E-state index in [2.05, 4.69) is 11.8 Å². The lowest BCUT2D eigenvalue weighted by Crippen LogP contribution is -2.37. The molecule has 0 spiro atoms. The standard InChI is InChI=1S/C19H31NO3/c1-2-3-4-5-14-23-18-8-6-17(7-9-18)19(21)10-11-20-12-15-22-16-13-20/h6-9,19,21H,2-5,10-16H2,1H3. The SMILES string of the molecule is CCCCCCOc1ccc(C(O)CCN2CCOCC2)cc1. The van der Waals surface area contributed by atoms with Crippen LogP contribution in [-0.4, -0.2) is 49.5 Å². The molecule has 1 fully saturated rings. The average molecular weight is 321 g/mol. The number of nitrogens with zero attached hydrogens (tertiary/aromatic N) is 1. The molecule has 1 aliphatic rings. The van der Waals surface area contributed by atoms with E-state index in [1.54, 1.807) is 0 Å². The zero-order valence-corrected chi connectivity index (χ0v) is 14.4. The number of unbranched alkanes of at least 4 members (excludes halogenated alkanes) is 3. The molecule has 1 aromatic rings. The van der Waals surface area contributed by atoms with E-state index >= 15 is 0 Å². The van der Waals surface area contributed by atoms with Crippen LogP contribution in [-0.2, 0) is 4.74 Å². The summed E-state index contributed by atoms with van der Waals surface area (Å²) in [6.07, 6.45) is 5.22. The van der Waals surface area contributed by atoms with Gasteiger partial charge in [0.15, 0.2) is 0 Å². The van der Waals surface area contributed by atoms with E-state index in [0.717, 1.165) is 63.6 Å². The molecule has 1 heterocycles. The van der Waals surface area contributed by atoms with Crippen molar-refractivity contribution in [1.29, 1.82) is 0 Å². The van der Waals surface area contributed by atoms with Gasteiger partial charge in [-0.25, -0.2) is 0 Å². The number of aliphatic hydroxyl groups is 1. The summed E-state index contributed by atoms with van der Waals surface area (Å²) in [5.41, 5.74) is 0.969. The molecule has 0 radical (unpaired) electrons. The van der Waals surface area contributed by atoms with E-state index in [-0.39, 0.29) is 0 Å². The molecule has 4 heteroatoms. The number of aliphatic hydroxyl groups excluding tert-OH is 1. The molecule has 0 amide bonds. The Balaban J connectivity index is 1.68. The number of hydrogen-bond donors (Lipinski definition) is 1. The summed E-state index contributed by atoms with van der Waals surface area (Å²) in [5, 5.41) is 10.3. The fourth-order valence-electron chi connectivity index (χ4n) is 2.80. The van der Waals surface area contributed by atoms with Gasteiger partial charge in [0.25, 0.3) is 0 Å². The van der Waals surface area contributed by atoms with E-state index in [4.69, 9.17) is 9.47 Å². The third-order valence-electron chi connectivity index (χ3n) is 4.35. The van der Waals surface area contributed by atoms with Gasteiger partial charge in [0.05, 0.1) is 25.9 Å². The van der Waals surface area contributed by atoms with Gasteiger partial charge in [0.1, 0.15) is 5.75 Å². The van der Waals surface area contributed by atoms with Gasteiger partial charge in [-0.05, 0) is 30.5 Å². The van der Waals surface area contributed by atoms with Crippen LogP contribution in [0.5, 0.6) is 5.75 Å². The van der Waals surface area contributed by atoms with Crippen molar-refractivity contribution in [2.45, 2.75) is 45.1 Å². The van der Waals surface area contributed by atoms with E-state index < -0.39 is 6.10 Å². The fourth-order valence-corrected chi connectivity index (χ4v) is 2.80. The smallest absolute Gasteiger partial charge is 0.119 e. The van der Waals surface area contributed by atoms with Crippen LogP contribution in [0.4, 0.5) is 0 Å². The van der Waals surface area contributed by atoms with Gasteiger partial charge in [0, 0.05) is 19.6 Å². The molecule has 1 saturated heterocycles. The minimum atomic E-state index is -0.406. The normalized spacial score (nSPS) is 17.1. The Bertz CT molecular complexity index is 415. The molecule has 1 N–H and O–H groups in total. The summed E-state index contributed by atoms with van der Waals surface area (Å²) in [6.45, 7) is 7.46. The molecule has 1 unspecified atom stereocenters. The van der Waals surface area contributed by atoms with Crippen LogP contribution < -0.4 is 4.74 Å². The maximum absolute atomic E-state index is 10.3. The summed E-state index contributed by atoms with van der Waals surface area (Å²) < 4.78 is 11.1. The third-order valence-corrected chi connectivity index (χ3v) is 4.35. The molecule has 1 aliphatic heterocycles. The molecular weight excluding hydrogens is 290 g/mol. The second kappa shape index (κ2) is 10.6. The molecule has 0 aliphatic carbocycles. The summed E-state index contributed by atoms with van der Waals surface area (Å²) in [7, 11) is 0. The first-order chi connectivity index (χ1) is 11.3. The maximum atomic E-state index is 10.3. The average Bonchev–Trinajstić information content (AvgIpc) is 2.61. The van der Waals surface area contributed by atoms with Gasteiger partial charge in [0.2, 0.25) is 0 Å². The molecule has 130 valence electrons. The van der Waals surface area contributed by atoms with Crippen molar-refractivity contribution in [3.8, 4) is 5.75 Å². The lowest BCUT2D eigenvalue weighted by atomic mass is 10.1. The van der Waals surface area contributed by atoms with Gasteiger partial charge in [-0.2, -0.15) is 0 Å². The molecule has 0 saturated carbocycles. The Hall–Kier alpha value is -1.10. The number of benzene rings is 1. The largest absolute Gasteiger partial charge is 0.494 e. The number of rotatable bonds is 10. The summed E-state index contributed by atoms with van der Waals surface area (Å²) >= 11 is 0. The fraction of sp³-hybridized carbons (Fsp3) is 0.684. The summed E-state index contributed by atoms with van der Waals surface area (Å²) in [5.74, 6) is 0.894. The van der Waals surface area contributed by atoms with E-state index in [0.29, 0.717) is 0 Å². The second-order valence-corrected chi connectivity index (χ2v) is 6.24. The van der Waals surface area contributed by atoms with Crippen LogP contribution in [0.1, 0.15) is 50.7 Å². The van der Waals surface area contributed by atoms with Gasteiger partial charge in [-0.3, -0.25) is 4.90 Å². The molecule has 23 heavy (non-hydrogen) atoms. The molecule has 1 aromatic carbocycles. The Morgan fingerprint density at radius 3 is 2.57 bits per heavy atom.